The molecule has 0 aliphatic rings. The van der Waals surface area contributed by atoms with Gasteiger partial charge in [0.2, 0.25) is 0 Å². The van der Waals surface area contributed by atoms with Crippen LogP contribution >= 0.6 is 34.8 Å². The van der Waals surface area contributed by atoms with Crippen LogP contribution in [0.3, 0.4) is 0 Å². The summed E-state index contributed by atoms with van der Waals surface area (Å²) >= 11 is 18.8. The molecule has 1 aromatic heterocycles. The highest BCUT2D eigenvalue weighted by Crippen LogP contribution is 2.27. The topological polar surface area (TPSA) is 59.3 Å². The van der Waals surface area contributed by atoms with Gasteiger partial charge in [-0.15, -0.1) is 0 Å². The lowest BCUT2D eigenvalue weighted by Gasteiger charge is -2.08. The molecule has 3 aromatic rings. The van der Waals surface area contributed by atoms with Gasteiger partial charge in [0.05, 0.1) is 24.0 Å². The zero-order chi connectivity index (χ0) is 20.3. The number of rotatable bonds is 5. The maximum Gasteiger partial charge on any atom is 0.271 e. The van der Waals surface area contributed by atoms with Crippen LogP contribution in [-0.2, 0) is 6.54 Å². The van der Waals surface area contributed by atoms with Crippen molar-refractivity contribution in [3.63, 3.8) is 0 Å². The Kier molecular flexibility index (Phi) is 6.34. The van der Waals surface area contributed by atoms with Gasteiger partial charge in [0, 0.05) is 21.2 Å². The molecule has 0 radical (unpaired) electrons. The molecule has 28 heavy (non-hydrogen) atoms. The summed E-state index contributed by atoms with van der Waals surface area (Å²) in [5.41, 5.74) is 4.51. The Morgan fingerprint density at radius 1 is 1.18 bits per heavy atom. The Morgan fingerprint density at radius 3 is 2.46 bits per heavy atom. The number of carbonyl (C=O) groups excluding carboxylic acids is 1. The SMILES string of the molecule is Cc1nn(Cc2c(Cl)cccc2Cl)c(Cl)c1/C=N/NC(=O)c1ccc(F)cc1. The van der Waals surface area contributed by atoms with E-state index in [1.54, 1.807) is 29.8 Å². The highest BCUT2D eigenvalue weighted by molar-refractivity contribution is 6.36. The lowest BCUT2D eigenvalue weighted by atomic mass is 10.2. The van der Waals surface area contributed by atoms with Gasteiger partial charge in [0.15, 0.2) is 0 Å². The minimum absolute atomic E-state index is 0.283. The first-order valence-electron chi connectivity index (χ1n) is 8.11. The Hall–Kier alpha value is -2.41. The summed E-state index contributed by atoms with van der Waals surface area (Å²) in [5.74, 6) is -0.895. The van der Waals surface area contributed by atoms with E-state index in [1.807, 2.05) is 0 Å². The van der Waals surface area contributed by atoms with Crippen molar-refractivity contribution in [3.8, 4) is 0 Å². The fraction of sp³-hybridized carbons (Fsp3) is 0.105. The number of carbonyl (C=O) groups is 1. The first-order valence-corrected chi connectivity index (χ1v) is 9.25. The fourth-order valence-corrected chi connectivity index (χ4v) is 3.27. The number of aryl methyl sites for hydroxylation is 1. The van der Waals surface area contributed by atoms with Gasteiger partial charge in [-0.3, -0.25) is 4.79 Å². The minimum Gasteiger partial charge on any atom is -0.267 e. The summed E-state index contributed by atoms with van der Waals surface area (Å²) < 4.78 is 14.5. The molecule has 9 heteroatoms. The van der Waals surface area contributed by atoms with Crippen molar-refractivity contribution in [2.24, 2.45) is 5.10 Å². The molecule has 0 bridgehead atoms. The highest BCUT2D eigenvalue weighted by Gasteiger charge is 2.15. The normalized spacial score (nSPS) is 11.2. The van der Waals surface area contributed by atoms with Gasteiger partial charge in [-0.05, 0) is 43.3 Å². The second kappa shape index (κ2) is 8.73. The average Bonchev–Trinajstić information content (AvgIpc) is 2.92. The zero-order valence-corrected chi connectivity index (χ0v) is 16.9. The largest absolute Gasteiger partial charge is 0.271 e. The molecule has 144 valence electrons. The van der Waals surface area contributed by atoms with Gasteiger partial charge in [-0.2, -0.15) is 10.2 Å². The van der Waals surface area contributed by atoms with Gasteiger partial charge in [-0.25, -0.2) is 14.5 Å². The summed E-state index contributed by atoms with van der Waals surface area (Å²) in [7, 11) is 0. The summed E-state index contributed by atoms with van der Waals surface area (Å²) in [6.07, 6.45) is 1.40. The maximum absolute atomic E-state index is 12.9. The van der Waals surface area contributed by atoms with E-state index in [0.29, 0.717) is 32.0 Å². The number of nitrogens with one attached hydrogen (secondary N) is 1. The Morgan fingerprint density at radius 2 is 1.82 bits per heavy atom. The van der Waals surface area contributed by atoms with Crippen molar-refractivity contribution < 1.29 is 9.18 Å². The molecule has 1 amide bonds. The van der Waals surface area contributed by atoms with Crippen LogP contribution in [-0.4, -0.2) is 21.9 Å². The molecule has 5 nitrogen and oxygen atoms in total. The number of benzene rings is 2. The van der Waals surface area contributed by atoms with E-state index in [1.165, 1.54) is 30.5 Å². The lowest BCUT2D eigenvalue weighted by molar-refractivity contribution is 0.0955. The van der Waals surface area contributed by atoms with Crippen LogP contribution in [0.4, 0.5) is 4.39 Å². The number of amides is 1. The molecule has 0 spiro atoms. The molecule has 3 rings (SSSR count). The van der Waals surface area contributed by atoms with Gasteiger partial charge in [0.25, 0.3) is 5.91 Å². The van der Waals surface area contributed by atoms with E-state index in [2.05, 4.69) is 15.6 Å². The fourth-order valence-electron chi connectivity index (χ4n) is 2.47. The molecular formula is C19H14Cl3FN4O. The molecule has 0 atom stereocenters. The number of nitrogens with zero attached hydrogens (tertiary/aromatic N) is 3. The smallest absolute Gasteiger partial charge is 0.267 e. The van der Waals surface area contributed by atoms with E-state index < -0.39 is 11.7 Å². The van der Waals surface area contributed by atoms with Gasteiger partial charge >= 0.3 is 0 Å². The van der Waals surface area contributed by atoms with E-state index in [-0.39, 0.29) is 12.1 Å². The van der Waals surface area contributed by atoms with Crippen LogP contribution in [0.1, 0.15) is 27.2 Å². The third-order valence-electron chi connectivity index (χ3n) is 3.95. The molecule has 0 unspecified atom stereocenters. The molecule has 1 N–H and O–H groups in total. The van der Waals surface area contributed by atoms with Crippen molar-refractivity contribution in [1.82, 2.24) is 15.2 Å². The van der Waals surface area contributed by atoms with Crippen LogP contribution in [0.2, 0.25) is 15.2 Å². The average molecular weight is 440 g/mol. The van der Waals surface area contributed by atoms with Crippen LogP contribution in [0.5, 0.6) is 0 Å². The highest BCUT2D eigenvalue weighted by atomic mass is 35.5. The third kappa shape index (κ3) is 4.52. The Balaban J connectivity index is 1.75. The predicted octanol–water partition coefficient (Wildman–Crippen LogP) is 5.10. The minimum atomic E-state index is -0.472. The Labute approximate surface area is 175 Å². The molecule has 0 saturated heterocycles. The van der Waals surface area contributed by atoms with E-state index in [4.69, 9.17) is 34.8 Å². The number of hydrazone groups is 1. The summed E-state index contributed by atoms with van der Waals surface area (Å²) in [6, 6.07) is 10.4. The molecule has 0 fully saturated rings. The third-order valence-corrected chi connectivity index (χ3v) is 5.05. The van der Waals surface area contributed by atoms with Crippen LogP contribution < -0.4 is 5.43 Å². The van der Waals surface area contributed by atoms with Gasteiger partial charge in [-0.1, -0.05) is 40.9 Å². The van der Waals surface area contributed by atoms with E-state index in [9.17, 15) is 9.18 Å². The summed E-state index contributed by atoms with van der Waals surface area (Å²) in [4.78, 5) is 12.0. The van der Waals surface area contributed by atoms with Crippen molar-refractivity contribution in [1.29, 1.82) is 0 Å². The van der Waals surface area contributed by atoms with Crippen LogP contribution in [0.25, 0.3) is 0 Å². The molecule has 1 heterocycles. The van der Waals surface area contributed by atoms with E-state index >= 15 is 0 Å². The van der Waals surface area contributed by atoms with Crippen molar-refractivity contribution in [2.75, 3.05) is 0 Å². The first kappa shape index (κ1) is 20.3. The Bertz CT molecular complexity index is 1030. The molecular weight excluding hydrogens is 426 g/mol. The maximum atomic E-state index is 12.9. The quantitative estimate of drug-likeness (QED) is 0.444. The van der Waals surface area contributed by atoms with Crippen LogP contribution in [0.15, 0.2) is 47.6 Å². The monoisotopic (exact) mass is 438 g/mol. The number of aromatic nitrogens is 2. The van der Waals surface area contributed by atoms with Gasteiger partial charge < -0.3 is 0 Å². The van der Waals surface area contributed by atoms with Crippen molar-refractivity contribution >= 4 is 46.9 Å². The van der Waals surface area contributed by atoms with Crippen molar-refractivity contribution in [2.45, 2.75) is 13.5 Å². The summed E-state index contributed by atoms with van der Waals surface area (Å²) in [6.45, 7) is 2.05. The molecule has 0 saturated carbocycles. The predicted molar refractivity (Wildman–Crippen MR) is 109 cm³/mol. The second-order valence-corrected chi connectivity index (χ2v) is 7.03. The zero-order valence-electron chi connectivity index (χ0n) is 14.6. The molecule has 2 aromatic carbocycles. The van der Waals surface area contributed by atoms with E-state index in [0.717, 1.165) is 0 Å². The number of hydrogen-bond donors (Lipinski definition) is 1. The molecule has 0 aliphatic carbocycles. The van der Waals surface area contributed by atoms with Crippen molar-refractivity contribution in [3.05, 3.63) is 85.9 Å². The number of hydrogen-bond acceptors (Lipinski definition) is 3. The first-order chi connectivity index (χ1) is 13.4. The van der Waals surface area contributed by atoms with Crippen LogP contribution in [0, 0.1) is 12.7 Å². The van der Waals surface area contributed by atoms with Gasteiger partial charge in [0.1, 0.15) is 11.0 Å². The number of halogens is 4. The second-order valence-electron chi connectivity index (χ2n) is 5.85. The standard InChI is InChI=1S/C19H14Cl3FN4O/c1-11-14(9-24-25-19(28)12-5-7-13(23)8-6-12)18(22)27(26-11)10-15-16(20)3-2-4-17(15)21/h2-9H,10H2,1H3,(H,25,28)/b24-9+. The summed E-state index contributed by atoms with van der Waals surface area (Å²) in [5, 5.41) is 9.64. The molecule has 0 aliphatic heterocycles. The lowest BCUT2D eigenvalue weighted by Crippen LogP contribution is -2.17.